The zero-order valence-corrected chi connectivity index (χ0v) is 8.16. The Morgan fingerprint density at radius 2 is 2.31 bits per heavy atom. The molecule has 2 nitrogen and oxygen atoms in total. The summed E-state index contributed by atoms with van der Waals surface area (Å²) >= 11 is 0. The lowest BCUT2D eigenvalue weighted by atomic mass is 9.91. The maximum Gasteiger partial charge on any atom is 0.308 e. The fraction of sp³-hybridized carbons (Fsp3) is 0.545. The van der Waals surface area contributed by atoms with Gasteiger partial charge in [-0.1, -0.05) is 26.0 Å². The van der Waals surface area contributed by atoms with Gasteiger partial charge >= 0.3 is 5.97 Å². The number of rotatable bonds is 5. The summed E-state index contributed by atoms with van der Waals surface area (Å²) in [6.45, 7) is 3.89. The number of carboxylic acids is 1. The highest BCUT2D eigenvalue weighted by Crippen LogP contribution is 2.17. The molecule has 0 aromatic rings. The molecule has 13 heavy (non-hydrogen) atoms. The van der Waals surface area contributed by atoms with Crippen LogP contribution in [0.4, 0.5) is 0 Å². The van der Waals surface area contributed by atoms with Crippen LogP contribution in [0.1, 0.15) is 26.7 Å². The van der Waals surface area contributed by atoms with Gasteiger partial charge in [-0.2, -0.15) is 0 Å². The maximum atomic E-state index is 10.8. The zero-order chi connectivity index (χ0) is 10.3. The average molecular weight is 180 g/mol. The van der Waals surface area contributed by atoms with Crippen molar-refractivity contribution in [3.05, 3.63) is 12.2 Å². The van der Waals surface area contributed by atoms with E-state index in [0.717, 1.165) is 6.42 Å². The molecular weight excluding hydrogens is 164 g/mol. The van der Waals surface area contributed by atoms with Gasteiger partial charge in [-0.3, -0.25) is 4.79 Å². The van der Waals surface area contributed by atoms with E-state index < -0.39 is 11.9 Å². The standard InChI is InChI=1S/C11H16O2/c1-4-6-8-9(3)10(7-5-2)11(12)13/h2,6,8-10H,4,7H2,1,3H3,(H,12,13). The molecule has 0 aliphatic rings. The van der Waals surface area contributed by atoms with Crippen molar-refractivity contribution in [3.8, 4) is 12.3 Å². The van der Waals surface area contributed by atoms with Gasteiger partial charge in [0.2, 0.25) is 0 Å². The molecular formula is C11H16O2. The summed E-state index contributed by atoms with van der Waals surface area (Å²) in [5, 5.41) is 8.84. The smallest absolute Gasteiger partial charge is 0.308 e. The largest absolute Gasteiger partial charge is 0.481 e. The van der Waals surface area contributed by atoms with E-state index in [-0.39, 0.29) is 5.92 Å². The van der Waals surface area contributed by atoms with Gasteiger partial charge < -0.3 is 5.11 Å². The first-order valence-electron chi connectivity index (χ1n) is 4.46. The van der Waals surface area contributed by atoms with Crippen molar-refractivity contribution in [3.63, 3.8) is 0 Å². The molecule has 0 fully saturated rings. The second kappa shape index (κ2) is 6.30. The number of allylic oxidation sites excluding steroid dienone is 2. The molecule has 72 valence electrons. The van der Waals surface area contributed by atoms with Crippen molar-refractivity contribution in [2.45, 2.75) is 26.7 Å². The zero-order valence-electron chi connectivity index (χ0n) is 8.16. The Labute approximate surface area is 79.7 Å². The minimum Gasteiger partial charge on any atom is -0.481 e. The quantitative estimate of drug-likeness (QED) is 0.520. The molecule has 2 heteroatoms. The van der Waals surface area contributed by atoms with Crippen LogP contribution in [0.25, 0.3) is 0 Å². The molecule has 0 aliphatic carbocycles. The highest BCUT2D eigenvalue weighted by Gasteiger charge is 2.21. The Bertz CT molecular complexity index is 223. The summed E-state index contributed by atoms with van der Waals surface area (Å²) in [5.74, 6) is 1.13. The number of carbonyl (C=O) groups is 1. The Hall–Kier alpha value is -1.23. The van der Waals surface area contributed by atoms with Crippen LogP contribution in [0.15, 0.2) is 12.2 Å². The fourth-order valence-electron chi connectivity index (χ4n) is 1.11. The number of hydrogen-bond acceptors (Lipinski definition) is 1. The lowest BCUT2D eigenvalue weighted by Crippen LogP contribution is -2.19. The Morgan fingerprint density at radius 3 is 2.69 bits per heavy atom. The van der Waals surface area contributed by atoms with Gasteiger partial charge in [0.05, 0.1) is 5.92 Å². The van der Waals surface area contributed by atoms with Crippen molar-refractivity contribution >= 4 is 5.97 Å². The summed E-state index contributed by atoms with van der Waals surface area (Å²) in [6.07, 6.45) is 10.2. The third-order valence-corrected chi connectivity index (χ3v) is 1.96. The molecule has 0 saturated heterocycles. The van der Waals surface area contributed by atoms with E-state index in [0.29, 0.717) is 6.42 Å². The van der Waals surface area contributed by atoms with Crippen LogP contribution >= 0.6 is 0 Å². The van der Waals surface area contributed by atoms with E-state index in [1.165, 1.54) is 0 Å². The van der Waals surface area contributed by atoms with Gasteiger partial charge in [-0.05, 0) is 12.3 Å². The Kier molecular flexibility index (Phi) is 5.71. The third kappa shape index (κ3) is 4.37. The van der Waals surface area contributed by atoms with E-state index >= 15 is 0 Å². The first-order valence-corrected chi connectivity index (χ1v) is 4.46. The molecule has 1 N–H and O–H groups in total. The molecule has 0 saturated carbocycles. The first kappa shape index (κ1) is 11.8. The molecule has 2 atom stereocenters. The summed E-state index contributed by atoms with van der Waals surface area (Å²) < 4.78 is 0. The second-order valence-electron chi connectivity index (χ2n) is 3.05. The van der Waals surface area contributed by atoms with Crippen LogP contribution < -0.4 is 0 Å². The van der Waals surface area contributed by atoms with Crippen LogP contribution in [-0.4, -0.2) is 11.1 Å². The van der Waals surface area contributed by atoms with E-state index in [9.17, 15) is 4.79 Å². The third-order valence-electron chi connectivity index (χ3n) is 1.96. The topological polar surface area (TPSA) is 37.3 Å². The Morgan fingerprint density at radius 1 is 1.69 bits per heavy atom. The van der Waals surface area contributed by atoms with Gasteiger partial charge in [0, 0.05) is 6.42 Å². The van der Waals surface area contributed by atoms with E-state index in [4.69, 9.17) is 11.5 Å². The van der Waals surface area contributed by atoms with E-state index in [2.05, 4.69) is 5.92 Å². The molecule has 0 radical (unpaired) electrons. The van der Waals surface area contributed by atoms with Crippen molar-refractivity contribution < 1.29 is 9.90 Å². The summed E-state index contributed by atoms with van der Waals surface area (Å²) in [4.78, 5) is 10.8. The fourth-order valence-corrected chi connectivity index (χ4v) is 1.11. The Balaban J connectivity index is 4.29. The van der Waals surface area contributed by atoms with Crippen LogP contribution in [0.2, 0.25) is 0 Å². The predicted octanol–water partition coefficient (Wildman–Crippen LogP) is 2.31. The lowest BCUT2D eigenvalue weighted by Gasteiger charge is -2.13. The second-order valence-corrected chi connectivity index (χ2v) is 3.05. The van der Waals surface area contributed by atoms with E-state index in [1.807, 2.05) is 26.0 Å². The normalized spacial score (nSPS) is 15.2. The van der Waals surface area contributed by atoms with Crippen LogP contribution in [0, 0.1) is 24.2 Å². The van der Waals surface area contributed by atoms with Crippen LogP contribution in [0.3, 0.4) is 0 Å². The van der Waals surface area contributed by atoms with Crippen LogP contribution in [-0.2, 0) is 4.79 Å². The molecule has 0 spiro atoms. The van der Waals surface area contributed by atoms with Gasteiger partial charge in [0.1, 0.15) is 0 Å². The van der Waals surface area contributed by atoms with Crippen molar-refractivity contribution in [2.24, 2.45) is 11.8 Å². The molecule has 0 aromatic carbocycles. The van der Waals surface area contributed by atoms with E-state index in [1.54, 1.807) is 0 Å². The molecule has 2 unspecified atom stereocenters. The van der Waals surface area contributed by atoms with Gasteiger partial charge in [-0.25, -0.2) is 0 Å². The van der Waals surface area contributed by atoms with Crippen LogP contribution in [0.5, 0.6) is 0 Å². The number of carboxylic acid groups (broad SMARTS) is 1. The van der Waals surface area contributed by atoms with Crippen molar-refractivity contribution in [1.82, 2.24) is 0 Å². The monoisotopic (exact) mass is 180 g/mol. The van der Waals surface area contributed by atoms with Gasteiger partial charge in [0.25, 0.3) is 0 Å². The molecule has 0 amide bonds. The number of hydrogen-bond donors (Lipinski definition) is 1. The molecule has 0 bridgehead atoms. The van der Waals surface area contributed by atoms with Gasteiger partial charge in [-0.15, -0.1) is 12.3 Å². The SMILES string of the molecule is C#CCC(C(=O)O)C(C)C=CCC. The molecule has 0 aromatic heterocycles. The minimum atomic E-state index is -0.814. The minimum absolute atomic E-state index is 0.00787. The van der Waals surface area contributed by atoms with Gasteiger partial charge in [0.15, 0.2) is 0 Å². The van der Waals surface area contributed by atoms with Crippen molar-refractivity contribution in [1.29, 1.82) is 0 Å². The number of terminal acetylenes is 1. The maximum absolute atomic E-state index is 10.8. The highest BCUT2D eigenvalue weighted by molar-refractivity contribution is 5.71. The van der Waals surface area contributed by atoms with Crippen molar-refractivity contribution in [2.75, 3.05) is 0 Å². The summed E-state index contributed by atoms with van der Waals surface area (Å²) in [5.41, 5.74) is 0. The first-order chi connectivity index (χ1) is 6.13. The summed E-state index contributed by atoms with van der Waals surface area (Å²) in [7, 11) is 0. The molecule has 0 rings (SSSR count). The number of aliphatic carboxylic acids is 1. The molecule has 0 heterocycles. The predicted molar refractivity (Wildman–Crippen MR) is 53.2 cm³/mol. The lowest BCUT2D eigenvalue weighted by molar-refractivity contribution is -0.142. The average Bonchev–Trinajstić information content (AvgIpc) is 2.09. The summed E-state index contributed by atoms with van der Waals surface area (Å²) in [6, 6.07) is 0. The highest BCUT2D eigenvalue weighted by atomic mass is 16.4. The molecule has 0 aliphatic heterocycles.